The molecule has 0 unspecified atom stereocenters. The van der Waals surface area contributed by atoms with E-state index in [9.17, 15) is 0 Å². The highest BCUT2D eigenvalue weighted by Gasteiger charge is 1.99. The van der Waals surface area contributed by atoms with Gasteiger partial charge in [-0.25, -0.2) is 4.98 Å². The first kappa shape index (κ1) is 10.0. The molecule has 1 N–H and O–H groups in total. The Hall–Kier alpha value is -1.49. The molecule has 0 atom stereocenters. The molecule has 78 valence electrons. The van der Waals surface area contributed by atoms with Crippen LogP contribution in [0.4, 0.5) is 5.82 Å². The average Bonchev–Trinajstić information content (AvgIpc) is 2.62. The zero-order valence-corrected chi connectivity index (χ0v) is 9.51. The van der Waals surface area contributed by atoms with Crippen molar-refractivity contribution in [2.24, 2.45) is 0 Å². The molecule has 4 nitrogen and oxygen atoms in total. The lowest BCUT2D eigenvalue weighted by Gasteiger charge is -2.02. The highest BCUT2D eigenvalue weighted by molar-refractivity contribution is 7.11. The predicted molar refractivity (Wildman–Crippen MR) is 60.9 cm³/mol. The second kappa shape index (κ2) is 4.35. The lowest BCUT2D eigenvalue weighted by Crippen LogP contribution is -2.01. The predicted octanol–water partition coefficient (Wildman–Crippen LogP) is 2.16. The van der Waals surface area contributed by atoms with Crippen molar-refractivity contribution < 1.29 is 0 Å². The van der Waals surface area contributed by atoms with Crippen LogP contribution in [0.3, 0.4) is 0 Å². The maximum atomic E-state index is 4.26. The number of nitrogens with one attached hydrogen (secondary N) is 1. The summed E-state index contributed by atoms with van der Waals surface area (Å²) in [4.78, 5) is 5.49. The Morgan fingerprint density at radius 2 is 2.20 bits per heavy atom. The monoisotopic (exact) mass is 220 g/mol. The minimum atomic E-state index is 0.705. The summed E-state index contributed by atoms with van der Waals surface area (Å²) in [6.07, 6.45) is 3.61. The van der Waals surface area contributed by atoms with Gasteiger partial charge in [0.25, 0.3) is 0 Å². The first-order valence-corrected chi connectivity index (χ1v) is 5.50. The van der Waals surface area contributed by atoms with Gasteiger partial charge in [-0.3, -0.25) is 0 Å². The van der Waals surface area contributed by atoms with Gasteiger partial charge in [0.15, 0.2) is 0 Å². The first-order valence-electron chi connectivity index (χ1n) is 4.68. The molecule has 0 fully saturated rings. The molecule has 0 aromatic carbocycles. The quantitative estimate of drug-likeness (QED) is 0.861. The molecule has 0 aliphatic rings. The van der Waals surface area contributed by atoms with E-state index in [1.165, 1.54) is 4.88 Å². The van der Waals surface area contributed by atoms with Crippen molar-refractivity contribution in [3.05, 3.63) is 33.9 Å². The molecule has 2 heterocycles. The van der Waals surface area contributed by atoms with Crippen LogP contribution in [0, 0.1) is 13.8 Å². The Bertz CT molecular complexity index is 452. The maximum Gasteiger partial charge on any atom is 0.149 e. The number of aromatic nitrogens is 3. The Morgan fingerprint density at radius 3 is 2.87 bits per heavy atom. The third kappa shape index (κ3) is 2.73. The van der Waals surface area contributed by atoms with Gasteiger partial charge in [0, 0.05) is 11.1 Å². The average molecular weight is 220 g/mol. The summed E-state index contributed by atoms with van der Waals surface area (Å²) in [5.41, 5.74) is 1.10. The van der Waals surface area contributed by atoms with Gasteiger partial charge in [-0.05, 0) is 25.5 Å². The van der Waals surface area contributed by atoms with Crippen molar-refractivity contribution in [1.82, 2.24) is 15.2 Å². The number of anilines is 1. The van der Waals surface area contributed by atoms with E-state index in [-0.39, 0.29) is 0 Å². The molecule has 5 heteroatoms. The molecular weight excluding hydrogens is 208 g/mol. The second-order valence-electron chi connectivity index (χ2n) is 3.34. The molecule has 15 heavy (non-hydrogen) atoms. The summed E-state index contributed by atoms with van der Waals surface area (Å²) in [7, 11) is 0. The van der Waals surface area contributed by atoms with Crippen LogP contribution in [0.15, 0.2) is 18.5 Å². The zero-order valence-electron chi connectivity index (χ0n) is 8.69. The smallest absolute Gasteiger partial charge is 0.149 e. The van der Waals surface area contributed by atoms with Crippen LogP contribution in [-0.4, -0.2) is 15.2 Å². The lowest BCUT2D eigenvalue weighted by atomic mass is 10.3. The van der Waals surface area contributed by atoms with Crippen LogP contribution in [0.5, 0.6) is 0 Å². The third-order valence-corrected chi connectivity index (χ3v) is 2.79. The van der Waals surface area contributed by atoms with Crippen molar-refractivity contribution in [3.63, 3.8) is 0 Å². The highest BCUT2D eigenvalue weighted by Crippen LogP contribution is 2.12. The third-order valence-electron chi connectivity index (χ3n) is 1.88. The van der Waals surface area contributed by atoms with Gasteiger partial charge in [0.2, 0.25) is 0 Å². The summed E-state index contributed by atoms with van der Waals surface area (Å²) >= 11 is 1.69. The number of aryl methyl sites for hydroxylation is 2. The molecule has 0 bridgehead atoms. The van der Waals surface area contributed by atoms with E-state index >= 15 is 0 Å². The molecule has 0 amide bonds. The van der Waals surface area contributed by atoms with Gasteiger partial charge in [0.1, 0.15) is 10.8 Å². The molecule has 0 saturated carbocycles. The molecule has 2 aromatic rings. The number of hydrogen-bond donors (Lipinski definition) is 1. The Morgan fingerprint density at radius 1 is 1.33 bits per heavy atom. The zero-order chi connectivity index (χ0) is 10.7. The fraction of sp³-hybridized carbons (Fsp3) is 0.300. The van der Waals surface area contributed by atoms with Gasteiger partial charge in [-0.2, -0.15) is 5.10 Å². The second-order valence-corrected chi connectivity index (χ2v) is 4.66. The van der Waals surface area contributed by atoms with Gasteiger partial charge in [-0.15, -0.1) is 16.4 Å². The molecule has 0 radical (unpaired) electrons. The van der Waals surface area contributed by atoms with E-state index in [2.05, 4.69) is 20.5 Å². The molecule has 2 rings (SSSR count). The van der Waals surface area contributed by atoms with E-state index < -0.39 is 0 Å². The largest absolute Gasteiger partial charge is 0.362 e. The number of nitrogens with zero attached hydrogens (tertiary/aromatic N) is 3. The molecule has 0 aliphatic heterocycles. The van der Waals surface area contributed by atoms with E-state index in [1.807, 2.05) is 26.1 Å². The van der Waals surface area contributed by atoms with Crippen molar-refractivity contribution in [2.75, 3.05) is 5.32 Å². The van der Waals surface area contributed by atoms with Crippen LogP contribution in [0.1, 0.15) is 15.4 Å². The van der Waals surface area contributed by atoms with Crippen molar-refractivity contribution in [2.45, 2.75) is 20.4 Å². The van der Waals surface area contributed by atoms with Crippen molar-refractivity contribution in [3.8, 4) is 0 Å². The molecule has 0 aliphatic carbocycles. The topological polar surface area (TPSA) is 50.7 Å². The van der Waals surface area contributed by atoms with E-state index in [4.69, 9.17) is 0 Å². The maximum absolute atomic E-state index is 4.26. The van der Waals surface area contributed by atoms with Crippen LogP contribution in [0.25, 0.3) is 0 Å². The molecular formula is C10H12N4S. The molecule has 0 spiro atoms. The van der Waals surface area contributed by atoms with Crippen molar-refractivity contribution >= 4 is 17.2 Å². The SMILES string of the molecule is Cc1cnnc(NCc2ncc(C)s2)c1. The normalized spacial score (nSPS) is 10.3. The summed E-state index contributed by atoms with van der Waals surface area (Å²) in [5.74, 6) is 0.794. The van der Waals surface area contributed by atoms with Crippen LogP contribution in [0.2, 0.25) is 0 Å². The van der Waals surface area contributed by atoms with Crippen LogP contribution < -0.4 is 5.32 Å². The van der Waals surface area contributed by atoms with Gasteiger partial charge >= 0.3 is 0 Å². The fourth-order valence-corrected chi connectivity index (χ4v) is 1.93. The summed E-state index contributed by atoms with van der Waals surface area (Å²) in [5, 5.41) is 12.1. The minimum absolute atomic E-state index is 0.705. The van der Waals surface area contributed by atoms with E-state index in [0.717, 1.165) is 16.4 Å². The Kier molecular flexibility index (Phi) is 2.91. The minimum Gasteiger partial charge on any atom is -0.362 e. The fourth-order valence-electron chi connectivity index (χ4n) is 1.20. The standard InChI is InChI=1S/C10H12N4S/c1-7-3-9(14-13-4-7)11-6-10-12-5-8(2)15-10/h3-5H,6H2,1-2H3,(H,11,14). The molecule has 2 aromatic heterocycles. The first-order chi connectivity index (χ1) is 7.24. The number of hydrogen-bond acceptors (Lipinski definition) is 5. The Labute approximate surface area is 92.4 Å². The van der Waals surface area contributed by atoms with Gasteiger partial charge < -0.3 is 5.32 Å². The van der Waals surface area contributed by atoms with Crippen molar-refractivity contribution in [1.29, 1.82) is 0 Å². The summed E-state index contributed by atoms with van der Waals surface area (Å²) < 4.78 is 0. The number of thiazole rings is 1. The van der Waals surface area contributed by atoms with Gasteiger partial charge in [-0.1, -0.05) is 0 Å². The lowest BCUT2D eigenvalue weighted by molar-refractivity contribution is 0.982. The molecule has 0 saturated heterocycles. The highest BCUT2D eigenvalue weighted by atomic mass is 32.1. The van der Waals surface area contributed by atoms with Crippen LogP contribution >= 0.6 is 11.3 Å². The number of rotatable bonds is 3. The van der Waals surface area contributed by atoms with Crippen LogP contribution in [-0.2, 0) is 6.54 Å². The van der Waals surface area contributed by atoms with E-state index in [0.29, 0.717) is 6.54 Å². The summed E-state index contributed by atoms with van der Waals surface area (Å²) in [6, 6.07) is 1.97. The summed E-state index contributed by atoms with van der Waals surface area (Å²) in [6.45, 7) is 4.75. The Balaban J connectivity index is 1.99. The van der Waals surface area contributed by atoms with E-state index in [1.54, 1.807) is 17.5 Å². The van der Waals surface area contributed by atoms with Gasteiger partial charge in [0.05, 0.1) is 12.7 Å².